The summed E-state index contributed by atoms with van der Waals surface area (Å²) in [5.41, 5.74) is 2.47. The third kappa shape index (κ3) is 3.76. The quantitative estimate of drug-likeness (QED) is 0.883. The first-order valence-electron chi connectivity index (χ1n) is 7.47. The number of hydrogen-bond donors (Lipinski definition) is 2. The molecule has 0 saturated carbocycles. The zero-order chi connectivity index (χ0) is 16.1. The summed E-state index contributed by atoms with van der Waals surface area (Å²) in [6.45, 7) is 3.34. The van der Waals surface area contributed by atoms with Crippen LogP contribution in [-0.2, 0) is 17.8 Å². The molecule has 2 rings (SSSR count). The fourth-order valence-electron chi connectivity index (χ4n) is 2.66. The molecule has 1 aliphatic heterocycles. The summed E-state index contributed by atoms with van der Waals surface area (Å²) in [5.74, 6) is 0.578. The Morgan fingerprint density at radius 1 is 1.32 bits per heavy atom. The van der Waals surface area contributed by atoms with Gasteiger partial charge >= 0.3 is 6.03 Å². The van der Waals surface area contributed by atoms with Gasteiger partial charge in [0.15, 0.2) is 0 Å². The van der Waals surface area contributed by atoms with Gasteiger partial charge < -0.3 is 10.1 Å². The fourth-order valence-corrected chi connectivity index (χ4v) is 2.66. The first kappa shape index (κ1) is 16.3. The van der Waals surface area contributed by atoms with E-state index in [9.17, 15) is 9.59 Å². The van der Waals surface area contributed by atoms with Crippen LogP contribution in [0.4, 0.5) is 4.79 Å². The van der Waals surface area contributed by atoms with Crippen LogP contribution >= 0.6 is 0 Å². The SMILES string of the molecule is CNC(=O)NC(=O)[C@@H](C)N1CCCc2cc(OC)ccc2C1. The standard InChI is InChI=1S/C16H23N3O3/c1-11(15(20)18-16(21)17-2)19-8-4-5-12-9-14(22-3)7-6-13(12)10-19/h6-7,9,11H,4-5,8,10H2,1-3H3,(H2,17,18,20,21)/t11-/m1/s1. The summed E-state index contributed by atoms with van der Waals surface area (Å²) in [6, 6.07) is 5.23. The van der Waals surface area contributed by atoms with Gasteiger partial charge in [-0.1, -0.05) is 6.07 Å². The van der Waals surface area contributed by atoms with E-state index >= 15 is 0 Å². The van der Waals surface area contributed by atoms with E-state index in [1.165, 1.54) is 18.2 Å². The number of benzene rings is 1. The number of fused-ring (bicyclic) bond motifs is 1. The number of carbonyl (C=O) groups excluding carboxylic acids is 2. The molecule has 1 atom stereocenters. The lowest BCUT2D eigenvalue weighted by Gasteiger charge is -2.26. The molecular formula is C16H23N3O3. The Kier molecular flexibility index (Phi) is 5.38. The number of amides is 3. The maximum absolute atomic E-state index is 12.1. The Balaban J connectivity index is 2.09. The predicted molar refractivity (Wildman–Crippen MR) is 83.8 cm³/mol. The molecule has 0 saturated heterocycles. The van der Waals surface area contributed by atoms with Gasteiger partial charge in [-0.3, -0.25) is 15.0 Å². The van der Waals surface area contributed by atoms with Crippen LogP contribution in [-0.4, -0.2) is 43.6 Å². The lowest BCUT2D eigenvalue weighted by atomic mass is 10.0. The molecule has 6 nitrogen and oxygen atoms in total. The third-order valence-corrected chi connectivity index (χ3v) is 4.07. The maximum atomic E-state index is 12.1. The molecule has 0 radical (unpaired) electrons. The number of imide groups is 1. The van der Waals surface area contributed by atoms with Crippen LogP contribution in [0.5, 0.6) is 5.75 Å². The van der Waals surface area contributed by atoms with Crippen molar-refractivity contribution in [3.63, 3.8) is 0 Å². The zero-order valence-electron chi connectivity index (χ0n) is 13.3. The Bertz CT molecular complexity index is 560. The highest BCUT2D eigenvalue weighted by atomic mass is 16.5. The molecule has 1 aromatic carbocycles. The second-order valence-electron chi connectivity index (χ2n) is 5.45. The van der Waals surface area contributed by atoms with Crippen LogP contribution in [0.1, 0.15) is 24.5 Å². The highest BCUT2D eigenvalue weighted by Crippen LogP contribution is 2.24. The molecule has 2 N–H and O–H groups in total. The van der Waals surface area contributed by atoms with Crippen molar-refractivity contribution in [2.75, 3.05) is 20.7 Å². The van der Waals surface area contributed by atoms with E-state index in [-0.39, 0.29) is 11.9 Å². The summed E-state index contributed by atoms with van der Waals surface area (Å²) in [4.78, 5) is 25.5. The molecule has 1 aliphatic rings. The van der Waals surface area contributed by atoms with Gasteiger partial charge in [0.25, 0.3) is 0 Å². The highest BCUT2D eigenvalue weighted by molar-refractivity contribution is 5.96. The average Bonchev–Trinajstić information content (AvgIpc) is 2.75. The smallest absolute Gasteiger partial charge is 0.321 e. The predicted octanol–water partition coefficient (Wildman–Crippen LogP) is 1.29. The monoisotopic (exact) mass is 305 g/mol. The van der Waals surface area contributed by atoms with E-state index in [1.54, 1.807) is 7.11 Å². The van der Waals surface area contributed by atoms with Crippen molar-refractivity contribution < 1.29 is 14.3 Å². The minimum Gasteiger partial charge on any atom is -0.497 e. The second kappa shape index (κ2) is 7.26. The second-order valence-corrected chi connectivity index (χ2v) is 5.45. The van der Waals surface area contributed by atoms with E-state index in [2.05, 4.69) is 27.7 Å². The van der Waals surface area contributed by atoms with E-state index in [4.69, 9.17) is 4.74 Å². The number of aryl methyl sites for hydroxylation is 1. The van der Waals surface area contributed by atoms with Crippen LogP contribution < -0.4 is 15.4 Å². The van der Waals surface area contributed by atoms with Crippen LogP contribution in [0.25, 0.3) is 0 Å². The molecule has 0 aliphatic carbocycles. The zero-order valence-corrected chi connectivity index (χ0v) is 13.3. The van der Waals surface area contributed by atoms with Crippen molar-refractivity contribution in [3.05, 3.63) is 29.3 Å². The molecule has 0 fully saturated rings. The van der Waals surface area contributed by atoms with E-state index in [1.807, 2.05) is 13.0 Å². The fraction of sp³-hybridized carbons (Fsp3) is 0.500. The molecular weight excluding hydrogens is 282 g/mol. The molecule has 3 amide bonds. The lowest BCUT2D eigenvalue weighted by molar-refractivity contribution is -0.125. The van der Waals surface area contributed by atoms with Gasteiger partial charge in [0, 0.05) is 13.6 Å². The Morgan fingerprint density at radius 3 is 2.77 bits per heavy atom. The topological polar surface area (TPSA) is 70.7 Å². The van der Waals surface area contributed by atoms with Crippen molar-refractivity contribution in [3.8, 4) is 5.75 Å². The first-order chi connectivity index (χ1) is 10.5. The Morgan fingerprint density at radius 2 is 2.09 bits per heavy atom. The van der Waals surface area contributed by atoms with Gasteiger partial charge in [-0.15, -0.1) is 0 Å². The van der Waals surface area contributed by atoms with Gasteiger partial charge in [-0.05, 0) is 49.6 Å². The number of ether oxygens (including phenoxy) is 1. The van der Waals surface area contributed by atoms with Crippen LogP contribution in [0.2, 0.25) is 0 Å². The maximum Gasteiger partial charge on any atom is 0.321 e. The molecule has 120 valence electrons. The van der Waals surface area contributed by atoms with Gasteiger partial charge in [0.05, 0.1) is 13.2 Å². The Labute approximate surface area is 130 Å². The molecule has 1 heterocycles. The largest absolute Gasteiger partial charge is 0.497 e. The number of nitrogens with one attached hydrogen (secondary N) is 2. The summed E-state index contributed by atoms with van der Waals surface area (Å²) in [7, 11) is 3.15. The van der Waals surface area contributed by atoms with Crippen LogP contribution in [0, 0.1) is 0 Å². The number of methoxy groups -OCH3 is 1. The van der Waals surface area contributed by atoms with Crippen molar-refractivity contribution in [1.82, 2.24) is 15.5 Å². The number of urea groups is 1. The Hall–Kier alpha value is -2.08. The van der Waals surface area contributed by atoms with Gasteiger partial charge in [-0.2, -0.15) is 0 Å². The summed E-state index contributed by atoms with van der Waals surface area (Å²) in [6.07, 6.45) is 1.94. The normalized spacial score (nSPS) is 16.1. The molecule has 0 aromatic heterocycles. The molecule has 0 spiro atoms. The van der Waals surface area contributed by atoms with Gasteiger partial charge in [0.2, 0.25) is 5.91 Å². The molecule has 0 unspecified atom stereocenters. The van der Waals surface area contributed by atoms with E-state index in [0.717, 1.165) is 25.1 Å². The lowest BCUT2D eigenvalue weighted by Crippen LogP contribution is -2.48. The van der Waals surface area contributed by atoms with Crippen molar-refractivity contribution in [2.24, 2.45) is 0 Å². The van der Waals surface area contributed by atoms with Crippen molar-refractivity contribution in [2.45, 2.75) is 32.4 Å². The van der Waals surface area contributed by atoms with E-state index in [0.29, 0.717) is 6.54 Å². The minimum absolute atomic E-state index is 0.281. The highest BCUT2D eigenvalue weighted by Gasteiger charge is 2.25. The van der Waals surface area contributed by atoms with Gasteiger partial charge in [0.1, 0.15) is 5.75 Å². The number of nitrogens with zero attached hydrogens (tertiary/aromatic N) is 1. The summed E-state index contributed by atoms with van der Waals surface area (Å²) in [5, 5.41) is 4.73. The van der Waals surface area contributed by atoms with E-state index < -0.39 is 6.03 Å². The number of rotatable bonds is 3. The molecule has 22 heavy (non-hydrogen) atoms. The van der Waals surface area contributed by atoms with Crippen molar-refractivity contribution >= 4 is 11.9 Å². The minimum atomic E-state index is -0.475. The first-order valence-corrected chi connectivity index (χ1v) is 7.47. The van der Waals surface area contributed by atoms with Crippen LogP contribution in [0.15, 0.2) is 18.2 Å². The summed E-state index contributed by atoms with van der Waals surface area (Å²) < 4.78 is 5.27. The molecule has 6 heteroatoms. The van der Waals surface area contributed by atoms with Gasteiger partial charge in [-0.25, -0.2) is 4.79 Å². The van der Waals surface area contributed by atoms with Crippen LogP contribution in [0.3, 0.4) is 0 Å². The number of hydrogen-bond acceptors (Lipinski definition) is 4. The summed E-state index contributed by atoms with van der Waals surface area (Å²) >= 11 is 0. The number of carbonyl (C=O) groups is 2. The molecule has 0 bridgehead atoms. The molecule has 1 aromatic rings. The third-order valence-electron chi connectivity index (χ3n) is 4.07. The van der Waals surface area contributed by atoms with Crippen molar-refractivity contribution in [1.29, 1.82) is 0 Å². The average molecular weight is 305 g/mol.